The molecular weight excluding hydrogens is 322 g/mol. The average Bonchev–Trinajstić information content (AvgIpc) is 3.43. The van der Waals surface area contributed by atoms with E-state index in [1.54, 1.807) is 0 Å². The molecule has 126 valence electrons. The first kappa shape index (κ1) is 17.0. The largest absolute Gasteiger partial charge is 0.468 e. The number of carbonyl (C=O) groups excluding carboxylic acids is 1. The summed E-state index contributed by atoms with van der Waals surface area (Å²) in [6, 6.07) is 20.6. The highest BCUT2D eigenvalue weighted by molar-refractivity contribution is 6.31. The molecule has 4 heteroatoms. The van der Waals surface area contributed by atoms with Crippen molar-refractivity contribution in [3.05, 3.63) is 71.8 Å². The minimum Gasteiger partial charge on any atom is -0.468 e. The molecule has 2 aromatic rings. The Labute approximate surface area is 148 Å². The first-order valence-electron chi connectivity index (χ1n) is 8.20. The van der Waals surface area contributed by atoms with Gasteiger partial charge in [0.15, 0.2) is 0 Å². The molecule has 0 aromatic heterocycles. The smallest absolute Gasteiger partial charge is 0.325 e. The van der Waals surface area contributed by atoms with Crippen LogP contribution in [0, 0.1) is 0 Å². The Morgan fingerprint density at radius 3 is 1.88 bits per heavy atom. The van der Waals surface area contributed by atoms with E-state index in [0.717, 1.165) is 25.9 Å². The molecular formula is C20H22ClNO2. The third kappa shape index (κ3) is 3.63. The molecule has 1 atom stereocenters. The van der Waals surface area contributed by atoms with Gasteiger partial charge in [-0.2, -0.15) is 0 Å². The van der Waals surface area contributed by atoms with Gasteiger partial charge in [0, 0.05) is 18.6 Å². The minimum absolute atomic E-state index is 0.319. The maximum Gasteiger partial charge on any atom is 0.325 e. The number of methoxy groups -OCH3 is 1. The highest BCUT2D eigenvalue weighted by Crippen LogP contribution is 2.48. The Bertz CT molecular complexity index is 629. The summed E-state index contributed by atoms with van der Waals surface area (Å²) >= 11 is 6.50. The monoisotopic (exact) mass is 343 g/mol. The number of hydrogen-bond donors (Lipinski definition) is 0. The summed E-state index contributed by atoms with van der Waals surface area (Å²) in [5.41, 5.74) is 2.11. The van der Waals surface area contributed by atoms with E-state index in [1.165, 1.54) is 18.2 Å². The molecule has 0 spiro atoms. The molecule has 0 saturated heterocycles. The zero-order valence-electron chi connectivity index (χ0n) is 13.8. The fraction of sp³-hybridized carbons (Fsp3) is 0.350. The van der Waals surface area contributed by atoms with Crippen molar-refractivity contribution in [3.63, 3.8) is 0 Å². The van der Waals surface area contributed by atoms with Crippen LogP contribution in [0.2, 0.25) is 0 Å². The normalized spacial score (nSPS) is 16.6. The van der Waals surface area contributed by atoms with Crippen LogP contribution in [0.15, 0.2) is 60.7 Å². The molecule has 1 saturated carbocycles. The summed E-state index contributed by atoms with van der Waals surface area (Å²) in [7, 11) is 1.40. The fourth-order valence-corrected chi connectivity index (χ4v) is 3.60. The quantitative estimate of drug-likeness (QED) is 0.562. The molecule has 3 rings (SSSR count). The van der Waals surface area contributed by atoms with Gasteiger partial charge in [-0.25, -0.2) is 0 Å². The number of hydrogen-bond acceptors (Lipinski definition) is 3. The van der Waals surface area contributed by atoms with Crippen molar-refractivity contribution >= 4 is 17.6 Å². The zero-order chi connectivity index (χ0) is 17.0. The van der Waals surface area contributed by atoms with Crippen molar-refractivity contribution in [1.29, 1.82) is 0 Å². The maximum absolute atomic E-state index is 12.0. The minimum atomic E-state index is -0.644. The van der Waals surface area contributed by atoms with Gasteiger partial charge in [-0.05, 0) is 24.0 Å². The topological polar surface area (TPSA) is 29.5 Å². The van der Waals surface area contributed by atoms with Crippen LogP contribution in [0.25, 0.3) is 0 Å². The van der Waals surface area contributed by atoms with E-state index in [-0.39, 0.29) is 11.5 Å². The SMILES string of the molecule is COC(=O)C(Cl)C1(N(Cc2ccccc2)Cc2ccccc2)CC1. The van der Waals surface area contributed by atoms with Crippen molar-refractivity contribution in [1.82, 2.24) is 4.90 Å². The zero-order valence-corrected chi connectivity index (χ0v) is 14.6. The molecule has 0 bridgehead atoms. The number of nitrogens with zero attached hydrogens (tertiary/aromatic N) is 1. The molecule has 0 radical (unpaired) electrons. The number of halogens is 1. The summed E-state index contributed by atoms with van der Waals surface area (Å²) in [4.78, 5) is 14.4. The van der Waals surface area contributed by atoms with Gasteiger partial charge in [0.05, 0.1) is 7.11 Å². The second kappa shape index (κ2) is 7.37. The van der Waals surface area contributed by atoms with Gasteiger partial charge in [-0.1, -0.05) is 60.7 Å². The van der Waals surface area contributed by atoms with E-state index in [0.29, 0.717) is 0 Å². The lowest BCUT2D eigenvalue weighted by Gasteiger charge is -2.34. The Kier molecular flexibility index (Phi) is 5.22. The van der Waals surface area contributed by atoms with Crippen LogP contribution in [0.1, 0.15) is 24.0 Å². The molecule has 1 aliphatic rings. The average molecular weight is 344 g/mol. The van der Waals surface area contributed by atoms with Crippen LogP contribution in [0.4, 0.5) is 0 Å². The summed E-state index contributed by atoms with van der Waals surface area (Å²) in [5.74, 6) is -0.347. The molecule has 0 heterocycles. The predicted octanol–water partition coefficient (Wildman–Crippen LogP) is 4.00. The highest BCUT2D eigenvalue weighted by atomic mass is 35.5. The van der Waals surface area contributed by atoms with E-state index < -0.39 is 5.38 Å². The molecule has 3 nitrogen and oxygen atoms in total. The lowest BCUT2D eigenvalue weighted by molar-refractivity contribution is -0.142. The number of benzene rings is 2. The Morgan fingerprint density at radius 2 is 1.50 bits per heavy atom. The van der Waals surface area contributed by atoms with Gasteiger partial charge in [-0.3, -0.25) is 9.69 Å². The van der Waals surface area contributed by atoms with Crippen molar-refractivity contribution in [3.8, 4) is 0 Å². The number of esters is 1. The van der Waals surface area contributed by atoms with Crippen LogP contribution >= 0.6 is 11.6 Å². The molecule has 1 unspecified atom stereocenters. The molecule has 24 heavy (non-hydrogen) atoms. The first-order chi connectivity index (χ1) is 11.7. The second-order valence-electron chi connectivity index (χ2n) is 6.32. The second-order valence-corrected chi connectivity index (χ2v) is 6.75. The van der Waals surface area contributed by atoms with Gasteiger partial charge >= 0.3 is 5.97 Å². The van der Waals surface area contributed by atoms with Crippen LogP contribution in [-0.2, 0) is 22.6 Å². The van der Waals surface area contributed by atoms with Crippen molar-refractivity contribution in [2.24, 2.45) is 0 Å². The van der Waals surface area contributed by atoms with Gasteiger partial charge in [0.2, 0.25) is 0 Å². The fourth-order valence-electron chi connectivity index (χ4n) is 3.16. The van der Waals surface area contributed by atoms with Gasteiger partial charge in [0.1, 0.15) is 5.38 Å². The molecule has 1 fully saturated rings. The Morgan fingerprint density at radius 1 is 1.04 bits per heavy atom. The maximum atomic E-state index is 12.0. The molecule has 1 aliphatic carbocycles. The first-order valence-corrected chi connectivity index (χ1v) is 8.64. The molecule has 2 aromatic carbocycles. The van der Waals surface area contributed by atoms with E-state index in [9.17, 15) is 4.79 Å². The van der Waals surface area contributed by atoms with Gasteiger partial charge in [0.25, 0.3) is 0 Å². The Balaban J connectivity index is 1.85. The standard InChI is InChI=1S/C20H22ClNO2/c1-24-19(23)18(21)20(12-13-20)22(14-16-8-4-2-5-9-16)15-17-10-6-3-7-11-17/h2-11,18H,12-15H2,1H3. The van der Waals surface area contributed by atoms with Crippen LogP contribution < -0.4 is 0 Å². The predicted molar refractivity (Wildman–Crippen MR) is 95.8 cm³/mol. The third-order valence-electron chi connectivity index (χ3n) is 4.70. The number of rotatable bonds is 7. The number of carbonyl (C=O) groups is 1. The van der Waals surface area contributed by atoms with Crippen molar-refractivity contribution < 1.29 is 9.53 Å². The molecule has 0 aliphatic heterocycles. The van der Waals surface area contributed by atoms with E-state index in [1.807, 2.05) is 36.4 Å². The van der Waals surface area contributed by atoms with Crippen LogP contribution in [0.5, 0.6) is 0 Å². The lowest BCUT2D eigenvalue weighted by atomic mass is 10.1. The van der Waals surface area contributed by atoms with E-state index in [4.69, 9.17) is 16.3 Å². The summed E-state index contributed by atoms with van der Waals surface area (Å²) in [5, 5.41) is -0.644. The highest BCUT2D eigenvalue weighted by Gasteiger charge is 2.56. The number of alkyl halides is 1. The van der Waals surface area contributed by atoms with Gasteiger partial charge in [-0.15, -0.1) is 11.6 Å². The summed E-state index contributed by atoms with van der Waals surface area (Å²) in [6.45, 7) is 1.52. The third-order valence-corrected chi connectivity index (χ3v) is 5.29. The van der Waals surface area contributed by atoms with Crippen molar-refractivity contribution in [2.45, 2.75) is 36.8 Å². The summed E-state index contributed by atoms with van der Waals surface area (Å²) < 4.78 is 4.89. The van der Waals surface area contributed by atoms with E-state index >= 15 is 0 Å². The molecule has 0 amide bonds. The lowest BCUT2D eigenvalue weighted by Crippen LogP contribution is -2.46. The van der Waals surface area contributed by atoms with Crippen LogP contribution in [-0.4, -0.2) is 28.9 Å². The van der Waals surface area contributed by atoms with Crippen molar-refractivity contribution in [2.75, 3.05) is 7.11 Å². The number of ether oxygens (including phenoxy) is 1. The van der Waals surface area contributed by atoms with E-state index in [2.05, 4.69) is 29.2 Å². The van der Waals surface area contributed by atoms with Crippen LogP contribution in [0.3, 0.4) is 0 Å². The summed E-state index contributed by atoms with van der Waals surface area (Å²) in [6.07, 6.45) is 1.83. The molecule has 0 N–H and O–H groups in total. The van der Waals surface area contributed by atoms with Gasteiger partial charge < -0.3 is 4.74 Å². The Hall–Kier alpha value is -1.84.